The third-order valence-corrected chi connectivity index (χ3v) is 3.52. The summed E-state index contributed by atoms with van der Waals surface area (Å²) in [6, 6.07) is 9.89. The van der Waals surface area contributed by atoms with E-state index in [-0.39, 0.29) is 0 Å². The molecule has 1 saturated carbocycles. The lowest BCUT2D eigenvalue weighted by Gasteiger charge is -2.07. The first-order valence-corrected chi connectivity index (χ1v) is 6.67. The topological polar surface area (TPSA) is 63.8 Å². The van der Waals surface area contributed by atoms with Crippen LogP contribution in [0.2, 0.25) is 0 Å². The van der Waals surface area contributed by atoms with Crippen molar-refractivity contribution in [2.75, 3.05) is 5.43 Å². The van der Waals surface area contributed by atoms with Crippen molar-refractivity contribution in [2.24, 2.45) is 5.84 Å². The molecule has 0 aliphatic heterocycles. The van der Waals surface area contributed by atoms with Gasteiger partial charge in [-0.05, 0) is 25.0 Å². The lowest BCUT2D eigenvalue weighted by molar-refractivity contribution is 0.991. The lowest BCUT2D eigenvalue weighted by atomic mass is 10.2. The molecular weight excluding hydrogens is 292 g/mol. The van der Waals surface area contributed by atoms with E-state index in [1.807, 2.05) is 30.3 Å². The second kappa shape index (κ2) is 4.66. The van der Waals surface area contributed by atoms with E-state index in [1.54, 1.807) is 0 Å². The maximum Gasteiger partial charge on any atom is 0.161 e. The van der Waals surface area contributed by atoms with Crippen molar-refractivity contribution in [3.8, 4) is 11.4 Å². The maximum absolute atomic E-state index is 5.46. The van der Waals surface area contributed by atoms with Crippen LogP contribution in [0.3, 0.4) is 0 Å². The Morgan fingerprint density at radius 1 is 1.17 bits per heavy atom. The van der Waals surface area contributed by atoms with E-state index in [9.17, 15) is 0 Å². The van der Waals surface area contributed by atoms with E-state index in [1.165, 1.54) is 12.8 Å². The van der Waals surface area contributed by atoms with E-state index >= 15 is 0 Å². The molecule has 5 heteroatoms. The molecule has 0 unspecified atom stereocenters. The van der Waals surface area contributed by atoms with Gasteiger partial charge in [0.1, 0.15) is 5.82 Å². The van der Waals surface area contributed by atoms with Crippen molar-refractivity contribution in [1.82, 2.24) is 9.97 Å². The summed E-state index contributed by atoms with van der Waals surface area (Å²) in [5.41, 5.74) is 4.69. The third-order valence-electron chi connectivity index (χ3n) is 2.99. The summed E-state index contributed by atoms with van der Waals surface area (Å²) in [6.07, 6.45) is 2.42. The molecule has 0 amide bonds. The highest BCUT2D eigenvalue weighted by atomic mass is 79.9. The largest absolute Gasteiger partial charge is 0.308 e. The van der Waals surface area contributed by atoms with Gasteiger partial charge in [-0.15, -0.1) is 0 Å². The van der Waals surface area contributed by atoms with Gasteiger partial charge in [-0.2, -0.15) is 0 Å². The van der Waals surface area contributed by atoms with Gasteiger partial charge >= 0.3 is 0 Å². The fourth-order valence-corrected chi connectivity index (χ4v) is 2.12. The Morgan fingerprint density at radius 2 is 1.89 bits per heavy atom. The Balaban J connectivity index is 2.04. The second-order valence-corrected chi connectivity index (χ2v) is 5.34. The monoisotopic (exact) mass is 304 g/mol. The van der Waals surface area contributed by atoms with Crippen LogP contribution in [0, 0.1) is 0 Å². The quantitative estimate of drug-likeness (QED) is 0.676. The molecule has 0 saturated heterocycles. The standard InChI is InChI=1S/C13H13BrN4/c14-10-5-3-9(4-6-10)13-16-11(8-1-2-8)7-12(17-13)18-15/h3-8H,1-2,15H2,(H,16,17,18). The van der Waals surface area contributed by atoms with Crippen molar-refractivity contribution < 1.29 is 0 Å². The summed E-state index contributed by atoms with van der Waals surface area (Å²) in [6.45, 7) is 0. The second-order valence-electron chi connectivity index (χ2n) is 4.43. The van der Waals surface area contributed by atoms with E-state index in [2.05, 4.69) is 31.3 Å². The molecule has 2 aromatic rings. The first-order chi connectivity index (χ1) is 8.76. The zero-order valence-electron chi connectivity index (χ0n) is 9.73. The number of halogens is 1. The van der Waals surface area contributed by atoms with Gasteiger partial charge in [0, 0.05) is 27.7 Å². The van der Waals surface area contributed by atoms with Gasteiger partial charge in [0.2, 0.25) is 0 Å². The molecule has 3 N–H and O–H groups in total. The summed E-state index contributed by atoms with van der Waals surface area (Å²) in [5, 5.41) is 0. The number of nitrogens with one attached hydrogen (secondary N) is 1. The Bertz CT molecular complexity index is 564. The van der Waals surface area contributed by atoms with Gasteiger partial charge in [0.25, 0.3) is 0 Å². The number of hydrazine groups is 1. The molecule has 18 heavy (non-hydrogen) atoms. The minimum absolute atomic E-state index is 0.578. The van der Waals surface area contributed by atoms with Crippen LogP contribution in [0.15, 0.2) is 34.8 Å². The number of hydrogen-bond acceptors (Lipinski definition) is 4. The number of anilines is 1. The number of nitrogens with two attached hydrogens (primary N) is 1. The van der Waals surface area contributed by atoms with Crippen LogP contribution >= 0.6 is 15.9 Å². The van der Waals surface area contributed by atoms with Crippen molar-refractivity contribution >= 4 is 21.7 Å². The third kappa shape index (κ3) is 2.37. The SMILES string of the molecule is NNc1cc(C2CC2)nc(-c2ccc(Br)cc2)n1. The number of benzene rings is 1. The fraction of sp³-hybridized carbons (Fsp3) is 0.231. The maximum atomic E-state index is 5.46. The van der Waals surface area contributed by atoms with Gasteiger partial charge in [-0.1, -0.05) is 28.1 Å². The van der Waals surface area contributed by atoms with Gasteiger partial charge < -0.3 is 5.43 Å². The Morgan fingerprint density at radius 3 is 2.50 bits per heavy atom. The first-order valence-electron chi connectivity index (χ1n) is 5.88. The van der Waals surface area contributed by atoms with Crippen LogP contribution in [0.4, 0.5) is 5.82 Å². The first kappa shape index (κ1) is 11.6. The molecule has 0 atom stereocenters. The zero-order valence-corrected chi connectivity index (χ0v) is 11.3. The number of rotatable bonds is 3. The van der Waals surface area contributed by atoms with E-state index < -0.39 is 0 Å². The van der Waals surface area contributed by atoms with E-state index in [4.69, 9.17) is 5.84 Å². The van der Waals surface area contributed by atoms with Crippen molar-refractivity contribution in [3.05, 3.63) is 40.5 Å². The van der Waals surface area contributed by atoms with Crippen LogP contribution in [-0.2, 0) is 0 Å². The molecule has 0 radical (unpaired) electrons. The summed E-state index contributed by atoms with van der Waals surface area (Å²) >= 11 is 3.42. The molecule has 0 bridgehead atoms. The molecule has 1 aliphatic rings. The molecule has 4 nitrogen and oxygen atoms in total. The number of hydrogen-bond donors (Lipinski definition) is 2. The molecular formula is C13H13BrN4. The van der Waals surface area contributed by atoms with Crippen LogP contribution in [0.25, 0.3) is 11.4 Å². The predicted molar refractivity (Wildman–Crippen MR) is 75.0 cm³/mol. The predicted octanol–water partition coefficient (Wildman–Crippen LogP) is 3.07. The minimum atomic E-state index is 0.578. The number of nitrogens with zero attached hydrogens (tertiary/aromatic N) is 2. The summed E-state index contributed by atoms with van der Waals surface area (Å²) in [5.74, 6) is 7.43. The molecule has 1 aliphatic carbocycles. The van der Waals surface area contributed by atoms with Crippen molar-refractivity contribution in [1.29, 1.82) is 0 Å². The fourth-order valence-electron chi connectivity index (χ4n) is 1.86. The Labute approximate surface area is 114 Å². The molecule has 1 aromatic carbocycles. The molecule has 92 valence electrons. The smallest absolute Gasteiger partial charge is 0.161 e. The van der Waals surface area contributed by atoms with E-state index in [0.29, 0.717) is 11.7 Å². The number of aromatic nitrogens is 2. The number of nitrogen functional groups attached to an aromatic ring is 1. The zero-order chi connectivity index (χ0) is 12.5. The molecule has 1 aromatic heterocycles. The Kier molecular flexibility index (Phi) is 3.01. The summed E-state index contributed by atoms with van der Waals surface area (Å²) in [7, 11) is 0. The normalized spacial score (nSPS) is 14.6. The van der Waals surface area contributed by atoms with E-state index in [0.717, 1.165) is 21.6 Å². The highest BCUT2D eigenvalue weighted by molar-refractivity contribution is 9.10. The summed E-state index contributed by atoms with van der Waals surface area (Å²) in [4.78, 5) is 9.02. The molecule has 3 rings (SSSR count). The van der Waals surface area contributed by atoms with Gasteiger partial charge in [0.15, 0.2) is 5.82 Å². The van der Waals surface area contributed by atoms with Crippen LogP contribution < -0.4 is 11.3 Å². The highest BCUT2D eigenvalue weighted by Gasteiger charge is 2.26. The van der Waals surface area contributed by atoms with Crippen LogP contribution in [0.1, 0.15) is 24.5 Å². The van der Waals surface area contributed by atoms with Gasteiger partial charge in [-0.25, -0.2) is 15.8 Å². The molecule has 1 fully saturated rings. The summed E-state index contributed by atoms with van der Waals surface area (Å²) < 4.78 is 1.04. The highest BCUT2D eigenvalue weighted by Crippen LogP contribution is 2.40. The van der Waals surface area contributed by atoms with Crippen LogP contribution in [-0.4, -0.2) is 9.97 Å². The average Bonchev–Trinajstić information content (AvgIpc) is 3.23. The van der Waals surface area contributed by atoms with Gasteiger partial charge in [0.05, 0.1) is 0 Å². The molecule has 1 heterocycles. The average molecular weight is 305 g/mol. The Hall–Kier alpha value is -1.46. The van der Waals surface area contributed by atoms with Crippen molar-refractivity contribution in [2.45, 2.75) is 18.8 Å². The minimum Gasteiger partial charge on any atom is -0.308 e. The lowest BCUT2D eigenvalue weighted by Crippen LogP contribution is -2.10. The van der Waals surface area contributed by atoms with Gasteiger partial charge in [-0.3, -0.25) is 0 Å². The van der Waals surface area contributed by atoms with Crippen molar-refractivity contribution in [3.63, 3.8) is 0 Å². The molecule has 0 spiro atoms. The van der Waals surface area contributed by atoms with Crippen LogP contribution in [0.5, 0.6) is 0 Å².